The van der Waals surface area contributed by atoms with E-state index in [-0.39, 0.29) is 5.91 Å². The van der Waals surface area contributed by atoms with Crippen LogP contribution in [0.2, 0.25) is 0 Å². The van der Waals surface area contributed by atoms with Crippen molar-refractivity contribution in [3.05, 3.63) is 35.2 Å². The second-order valence-corrected chi connectivity index (χ2v) is 4.28. The maximum atomic E-state index is 12.0. The number of hydrogen-bond acceptors (Lipinski definition) is 5. The minimum absolute atomic E-state index is 0.118. The van der Waals surface area contributed by atoms with Crippen molar-refractivity contribution in [2.75, 3.05) is 6.54 Å². The third-order valence-electron chi connectivity index (χ3n) is 2.69. The SMILES string of the molecule is Cc1cc(C(=O)NCCCc2ncn[nH]2)c(C)nn1. The highest BCUT2D eigenvalue weighted by molar-refractivity contribution is 5.95. The number of H-pyrrole nitrogens is 1. The van der Waals surface area contributed by atoms with Crippen LogP contribution in [0.1, 0.15) is 34.0 Å². The van der Waals surface area contributed by atoms with Crippen molar-refractivity contribution in [1.29, 1.82) is 0 Å². The van der Waals surface area contributed by atoms with Gasteiger partial charge in [-0.1, -0.05) is 0 Å². The van der Waals surface area contributed by atoms with E-state index >= 15 is 0 Å². The highest BCUT2D eigenvalue weighted by Gasteiger charge is 2.10. The molecule has 0 fully saturated rings. The Labute approximate surface area is 110 Å². The van der Waals surface area contributed by atoms with Crippen molar-refractivity contribution < 1.29 is 4.79 Å². The molecule has 0 aliphatic carbocycles. The average Bonchev–Trinajstić information content (AvgIpc) is 2.90. The van der Waals surface area contributed by atoms with E-state index in [4.69, 9.17) is 0 Å². The van der Waals surface area contributed by atoms with Gasteiger partial charge >= 0.3 is 0 Å². The maximum absolute atomic E-state index is 12.0. The lowest BCUT2D eigenvalue weighted by atomic mass is 10.2. The molecule has 0 unspecified atom stereocenters. The third-order valence-corrected chi connectivity index (χ3v) is 2.69. The molecule has 0 radical (unpaired) electrons. The zero-order valence-corrected chi connectivity index (χ0v) is 11.0. The van der Waals surface area contributed by atoms with E-state index in [2.05, 4.69) is 30.7 Å². The van der Waals surface area contributed by atoms with Crippen LogP contribution in [-0.4, -0.2) is 37.8 Å². The quantitative estimate of drug-likeness (QED) is 0.766. The predicted molar refractivity (Wildman–Crippen MR) is 68.5 cm³/mol. The number of hydrogen-bond donors (Lipinski definition) is 2. The molecule has 100 valence electrons. The van der Waals surface area contributed by atoms with Gasteiger partial charge in [0.05, 0.1) is 17.0 Å². The molecule has 0 bridgehead atoms. The Morgan fingerprint density at radius 3 is 2.95 bits per heavy atom. The zero-order chi connectivity index (χ0) is 13.7. The first-order valence-electron chi connectivity index (χ1n) is 6.10. The Hall–Kier alpha value is -2.31. The van der Waals surface area contributed by atoms with Gasteiger partial charge in [0.1, 0.15) is 12.2 Å². The van der Waals surface area contributed by atoms with Crippen molar-refractivity contribution in [1.82, 2.24) is 30.7 Å². The predicted octanol–water partition coefficient (Wildman–Crippen LogP) is 0.574. The summed E-state index contributed by atoms with van der Waals surface area (Å²) in [7, 11) is 0. The van der Waals surface area contributed by atoms with Crippen LogP contribution in [0.4, 0.5) is 0 Å². The monoisotopic (exact) mass is 260 g/mol. The van der Waals surface area contributed by atoms with E-state index in [1.165, 1.54) is 6.33 Å². The van der Waals surface area contributed by atoms with Crippen molar-refractivity contribution in [3.8, 4) is 0 Å². The van der Waals surface area contributed by atoms with Crippen LogP contribution in [0.15, 0.2) is 12.4 Å². The van der Waals surface area contributed by atoms with Crippen molar-refractivity contribution in [3.63, 3.8) is 0 Å². The smallest absolute Gasteiger partial charge is 0.253 e. The maximum Gasteiger partial charge on any atom is 0.253 e. The highest BCUT2D eigenvalue weighted by atomic mass is 16.1. The standard InChI is InChI=1S/C12H16N6O/c1-8-6-10(9(2)17-16-8)12(19)13-5-3-4-11-14-7-15-18-11/h6-7H,3-5H2,1-2H3,(H,13,19)(H,14,15,18). The largest absolute Gasteiger partial charge is 0.352 e. The zero-order valence-electron chi connectivity index (χ0n) is 11.0. The van der Waals surface area contributed by atoms with Crippen LogP contribution in [0.5, 0.6) is 0 Å². The van der Waals surface area contributed by atoms with Crippen molar-refractivity contribution in [2.45, 2.75) is 26.7 Å². The van der Waals surface area contributed by atoms with Gasteiger partial charge in [-0.3, -0.25) is 9.89 Å². The summed E-state index contributed by atoms with van der Waals surface area (Å²) in [6, 6.07) is 1.74. The number of aromatic nitrogens is 5. The molecule has 2 aromatic heterocycles. The number of aryl methyl sites for hydroxylation is 3. The summed E-state index contributed by atoms with van der Waals surface area (Å²) in [5.41, 5.74) is 1.95. The Bertz CT molecular complexity index is 551. The van der Waals surface area contributed by atoms with E-state index < -0.39 is 0 Å². The number of amides is 1. The molecular formula is C12H16N6O. The molecule has 1 amide bonds. The number of nitrogens with one attached hydrogen (secondary N) is 2. The molecule has 2 aromatic rings. The molecule has 7 heteroatoms. The fourth-order valence-corrected chi connectivity index (χ4v) is 1.68. The van der Waals surface area contributed by atoms with Crippen LogP contribution >= 0.6 is 0 Å². The lowest BCUT2D eigenvalue weighted by Gasteiger charge is -2.06. The number of carbonyl (C=O) groups excluding carboxylic acids is 1. The molecule has 0 aromatic carbocycles. The van der Waals surface area contributed by atoms with Gasteiger partial charge in [-0.05, 0) is 26.3 Å². The van der Waals surface area contributed by atoms with Crippen molar-refractivity contribution >= 4 is 5.91 Å². The molecule has 19 heavy (non-hydrogen) atoms. The summed E-state index contributed by atoms with van der Waals surface area (Å²) >= 11 is 0. The van der Waals surface area contributed by atoms with E-state index in [0.717, 1.165) is 24.4 Å². The van der Waals surface area contributed by atoms with Crippen LogP contribution < -0.4 is 5.32 Å². The summed E-state index contributed by atoms with van der Waals surface area (Å²) in [5.74, 6) is 0.708. The van der Waals surface area contributed by atoms with E-state index in [9.17, 15) is 4.79 Å². The third kappa shape index (κ3) is 3.57. The molecule has 0 spiro atoms. The van der Waals surface area contributed by atoms with Gasteiger partial charge in [0.15, 0.2) is 0 Å². The normalized spacial score (nSPS) is 10.4. The Morgan fingerprint density at radius 2 is 2.21 bits per heavy atom. The fourth-order valence-electron chi connectivity index (χ4n) is 1.68. The van der Waals surface area contributed by atoms with E-state index in [0.29, 0.717) is 17.8 Å². The number of aromatic amines is 1. The lowest BCUT2D eigenvalue weighted by Crippen LogP contribution is -2.26. The van der Waals surface area contributed by atoms with Gasteiger partial charge < -0.3 is 5.32 Å². The van der Waals surface area contributed by atoms with Gasteiger partial charge in [0.25, 0.3) is 5.91 Å². The summed E-state index contributed by atoms with van der Waals surface area (Å²) in [6.07, 6.45) is 3.03. The van der Waals surface area contributed by atoms with E-state index in [1.54, 1.807) is 13.0 Å². The molecule has 0 saturated heterocycles. The second-order valence-electron chi connectivity index (χ2n) is 4.28. The fraction of sp³-hybridized carbons (Fsp3) is 0.417. The van der Waals surface area contributed by atoms with Crippen molar-refractivity contribution in [2.24, 2.45) is 0 Å². The summed E-state index contributed by atoms with van der Waals surface area (Å²) in [4.78, 5) is 16.0. The molecule has 7 nitrogen and oxygen atoms in total. The molecule has 2 rings (SSSR count). The lowest BCUT2D eigenvalue weighted by molar-refractivity contribution is 0.0951. The minimum Gasteiger partial charge on any atom is -0.352 e. The van der Waals surface area contributed by atoms with Gasteiger partial charge in [0.2, 0.25) is 0 Å². The molecule has 0 atom stereocenters. The first-order chi connectivity index (χ1) is 9.16. The molecule has 0 saturated carbocycles. The Morgan fingerprint density at radius 1 is 1.37 bits per heavy atom. The van der Waals surface area contributed by atoms with Gasteiger partial charge in [-0.2, -0.15) is 15.3 Å². The molecule has 0 aliphatic heterocycles. The van der Waals surface area contributed by atoms with Crippen LogP contribution in [0.3, 0.4) is 0 Å². The first-order valence-corrected chi connectivity index (χ1v) is 6.10. The van der Waals surface area contributed by atoms with Crippen LogP contribution in [0, 0.1) is 13.8 Å². The van der Waals surface area contributed by atoms with E-state index in [1.807, 2.05) is 6.92 Å². The average molecular weight is 260 g/mol. The van der Waals surface area contributed by atoms with Gasteiger partial charge in [-0.15, -0.1) is 0 Å². The molecule has 0 aliphatic rings. The van der Waals surface area contributed by atoms with Crippen LogP contribution in [-0.2, 0) is 6.42 Å². The van der Waals surface area contributed by atoms with Gasteiger partial charge in [-0.25, -0.2) is 4.98 Å². The van der Waals surface area contributed by atoms with Crippen LogP contribution in [0.25, 0.3) is 0 Å². The molecule has 2 heterocycles. The number of nitrogens with zero attached hydrogens (tertiary/aromatic N) is 4. The summed E-state index contributed by atoms with van der Waals surface area (Å²) in [5, 5.41) is 17.2. The number of carbonyl (C=O) groups is 1. The summed E-state index contributed by atoms with van der Waals surface area (Å²) in [6.45, 7) is 4.17. The molecule has 2 N–H and O–H groups in total. The first kappa shape index (κ1) is 13.1. The Kier molecular flexibility index (Phi) is 4.17. The van der Waals surface area contributed by atoms with Gasteiger partial charge in [0, 0.05) is 13.0 Å². The second kappa shape index (κ2) is 6.03. The minimum atomic E-state index is -0.118. The topological polar surface area (TPSA) is 96.5 Å². The number of rotatable bonds is 5. The molecular weight excluding hydrogens is 244 g/mol. The Balaban J connectivity index is 1.82. The highest BCUT2D eigenvalue weighted by Crippen LogP contribution is 2.05. The summed E-state index contributed by atoms with van der Waals surface area (Å²) < 4.78 is 0.